The maximum Gasteiger partial charge on any atom is 1.00 e. The van der Waals surface area contributed by atoms with Gasteiger partial charge in [-0.2, -0.15) is 5.11 Å². The summed E-state index contributed by atoms with van der Waals surface area (Å²) in [4.78, 5) is 38.8. The van der Waals surface area contributed by atoms with E-state index in [1.807, 2.05) is 0 Å². The Morgan fingerprint density at radius 3 is 1.09 bits per heavy atom. The van der Waals surface area contributed by atoms with Crippen molar-refractivity contribution in [1.82, 2.24) is 0 Å². The predicted molar refractivity (Wildman–Crippen MR) is 386 cm³/mol. The first kappa shape index (κ1) is 80.5. The Bertz CT molecular complexity index is 6280. The van der Waals surface area contributed by atoms with Crippen molar-refractivity contribution >= 4 is 164 Å². The van der Waals surface area contributed by atoms with E-state index in [2.05, 4.69) is 46.2 Å². The van der Waals surface area contributed by atoms with Crippen LogP contribution in [0.3, 0.4) is 0 Å². The van der Waals surface area contributed by atoms with Gasteiger partial charge in [0, 0.05) is 133 Å². The van der Waals surface area contributed by atoms with Crippen molar-refractivity contribution in [2.45, 2.75) is 14.7 Å². The second-order valence-corrected chi connectivity index (χ2v) is 26.4. The summed E-state index contributed by atoms with van der Waals surface area (Å²) in [5.74, 6) is -3.32. The number of nitro benzene ring substituents is 4. The van der Waals surface area contributed by atoms with Gasteiger partial charge in [-0.3, -0.25) is 40.5 Å². The van der Waals surface area contributed by atoms with Gasteiger partial charge in [-0.15, -0.1) is 47.2 Å². The van der Waals surface area contributed by atoms with E-state index in [4.69, 9.17) is 0 Å². The van der Waals surface area contributed by atoms with Crippen LogP contribution in [0.2, 0.25) is 0 Å². The molecule has 0 aliphatic rings. The van der Waals surface area contributed by atoms with Crippen molar-refractivity contribution in [3.63, 3.8) is 0 Å². The van der Waals surface area contributed by atoms with E-state index in [1.165, 1.54) is 48.5 Å². The van der Waals surface area contributed by atoms with Crippen LogP contribution in [0.5, 0.6) is 40.2 Å². The molecule has 0 unspecified atom stereocenters. The van der Waals surface area contributed by atoms with Crippen LogP contribution in [0.4, 0.5) is 79.6 Å². The van der Waals surface area contributed by atoms with Gasteiger partial charge >= 0.3 is 7.13 Å². The van der Waals surface area contributed by atoms with E-state index >= 15 is 0 Å². The van der Waals surface area contributed by atoms with Crippen LogP contribution >= 0.6 is 0 Å². The number of non-ortho nitro benzene ring substituents is 4. The number of aromatic hydroxyl groups is 7. The Labute approximate surface area is 644 Å². The van der Waals surface area contributed by atoms with E-state index in [-0.39, 0.29) is 143 Å². The minimum Gasteiger partial charge on any atom is -0.744 e. The summed E-state index contributed by atoms with van der Waals surface area (Å²) >= 11 is 0. The molecule has 0 bridgehead atoms. The van der Waals surface area contributed by atoms with Gasteiger partial charge in [-0.05, 0) is 64.7 Å². The average molecular weight is 1630 g/mol. The van der Waals surface area contributed by atoms with Gasteiger partial charge in [-0.25, -0.2) is 25.3 Å². The van der Waals surface area contributed by atoms with E-state index < -0.39 is 116 Å². The number of para-hydroxylation sites is 1. The molecule has 42 heteroatoms. The van der Waals surface area contributed by atoms with Gasteiger partial charge < -0.3 is 54.7 Å². The van der Waals surface area contributed by atoms with E-state index in [0.717, 1.165) is 77.5 Å². The number of benzene rings is 13. The van der Waals surface area contributed by atoms with E-state index in [1.54, 1.807) is 78.9 Å². The van der Waals surface area contributed by atoms with Crippen LogP contribution in [0.1, 0.15) is 7.13 Å². The number of nitro groups is 4. The van der Waals surface area contributed by atoms with E-state index in [9.17, 15) is 115 Å². The first-order valence-corrected chi connectivity index (χ1v) is 34.3. The molecule has 0 fully saturated rings. The van der Waals surface area contributed by atoms with Gasteiger partial charge in [0.1, 0.15) is 105 Å². The van der Waals surface area contributed by atoms with Crippen LogP contribution in [-0.4, -0.2) is 94.4 Å². The number of hydrogen-bond donors (Lipinski definition) is 7. The topological polar surface area (TPSA) is 599 Å². The SMILES string of the molecule is O=[N+]([O-])c1ccc(O)c(N=Nc2ccccc2[N-]c2ccc3c(O)c(N=Nc4cc([N+](=O)[O-])ccc4O)c(S(=O)(=O)[O-])cc3c2)c1.O=[N+]([O-])c1ccc2c(N=Nc3c(O)ccc4ccccc34)c(O)cc(S(=O)(=O)[O-])c2c1.O=[N+]([O-])c1ccc2c(N=Nc3c(O)ccc4ccccc34)c(O)cc(S(=O)(=O)[O-])c2c1.[Cr].[Cr].[H+].[H+].[H+].[H+].[H+]. The quantitative estimate of drug-likeness (QED) is 0.0193. The molecule has 0 aliphatic carbocycles. The van der Waals surface area contributed by atoms with Gasteiger partial charge in [0.15, 0.2) is 5.75 Å². The number of rotatable bonds is 17. The van der Waals surface area contributed by atoms with Crippen molar-refractivity contribution in [2.24, 2.45) is 40.9 Å². The molecule has 7 N–H and O–H groups in total. The molecular weight excluding hydrogens is 1580 g/mol. The van der Waals surface area contributed by atoms with Gasteiger partial charge in [0.2, 0.25) is 0 Å². The molecule has 13 rings (SSSR count). The summed E-state index contributed by atoms with van der Waals surface area (Å²) in [5.41, 5.74) is -2.56. The molecule has 13 aromatic carbocycles. The van der Waals surface area contributed by atoms with Crippen LogP contribution in [0.15, 0.2) is 262 Å². The summed E-state index contributed by atoms with van der Waals surface area (Å²) in [7, 11) is -15.4. The number of phenolic OH excluding ortho intramolecular Hbond substituents is 7. The second kappa shape index (κ2) is 32.6. The molecular formula is C68H46Cr2N13O24S3+. The smallest absolute Gasteiger partial charge is 0.744 e. The van der Waals surface area contributed by atoms with Gasteiger partial charge in [0.05, 0.1) is 40.1 Å². The molecule has 0 atom stereocenters. The first-order chi connectivity index (χ1) is 51.1. The third-order valence-electron chi connectivity index (χ3n) is 15.6. The van der Waals surface area contributed by atoms with Crippen molar-refractivity contribution in [3.8, 4) is 40.2 Å². The number of fused-ring (bicyclic) bond motifs is 5. The summed E-state index contributed by atoms with van der Waals surface area (Å²) < 4.78 is 106. The summed E-state index contributed by atoms with van der Waals surface area (Å²) in [5, 5.41) is 154. The maximum absolute atomic E-state index is 12.2. The molecule has 0 aromatic heterocycles. The average Bonchev–Trinajstić information content (AvgIpc) is 0.778. The Morgan fingerprint density at radius 1 is 0.300 bits per heavy atom. The van der Waals surface area contributed by atoms with Crippen molar-refractivity contribution in [2.75, 3.05) is 0 Å². The molecule has 37 nitrogen and oxygen atoms in total. The van der Waals surface area contributed by atoms with Crippen molar-refractivity contribution < 1.29 is 136 Å². The van der Waals surface area contributed by atoms with Crippen molar-refractivity contribution in [3.05, 3.63) is 252 Å². The number of azo groups is 4. The zero-order valence-corrected chi connectivity index (χ0v) is 59.6. The molecule has 0 spiro atoms. The molecule has 0 heterocycles. The number of hydrogen-bond acceptors (Lipinski definition) is 32. The van der Waals surface area contributed by atoms with E-state index in [0.29, 0.717) is 22.9 Å². The Morgan fingerprint density at radius 2 is 0.655 bits per heavy atom. The van der Waals surface area contributed by atoms with Crippen LogP contribution in [0.25, 0.3) is 59.2 Å². The fraction of sp³-hybridized carbons (Fsp3) is 0. The zero-order chi connectivity index (χ0) is 77.8. The Hall–Kier alpha value is -13.6. The predicted octanol–water partition coefficient (Wildman–Crippen LogP) is 17.7. The molecule has 0 aliphatic heterocycles. The zero-order valence-electron chi connectivity index (χ0n) is 59.6. The monoisotopic (exact) mass is 1630 g/mol. The number of phenols is 7. The fourth-order valence-corrected chi connectivity index (χ4v) is 12.6. The summed E-state index contributed by atoms with van der Waals surface area (Å²) in [6.07, 6.45) is 0. The second-order valence-electron chi connectivity index (χ2n) is 22.4. The van der Waals surface area contributed by atoms with Crippen LogP contribution < -0.4 is 0 Å². The van der Waals surface area contributed by atoms with Crippen LogP contribution in [-0.2, 0) is 65.1 Å². The van der Waals surface area contributed by atoms with Crippen molar-refractivity contribution in [1.29, 1.82) is 0 Å². The summed E-state index contributed by atoms with van der Waals surface area (Å²) in [6.45, 7) is 0. The Kier molecular flexibility index (Phi) is 23.8. The number of nitrogens with zero attached hydrogens (tertiary/aromatic N) is 13. The Balaban J connectivity index is 0.000000362. The minimum atomic E-state index is -5.26. The third-order valence-corrected chi connectivity index (χ3v) is 18.2. The van der Waals surface area contributed by atoms with Gasteiger partial charge in [-0.1, -0.05) is 97.1 Å². The molecule has 556 valence electrons. The molecule has 0 saturated heterocycles. The normalized spacial score (nSPS) is 11.7. The standard InChI is InChI=1S/C28H18N7O10S.2C20H13N3O7S.2Cr/c36-24-9-6-17(34(39)40)13-22(24)31-30-21-4-2-1-3-20(21)29-16-5-8-19-15(11-16)12-26(46(43,44)45)27(28(19)38)33-32-23-14-18(35(41)42)7-10-25(23)37;2*24-16-8-5-11-3-1-2-4-13(11)19(16)21-22-20-14-7-6-12(23(26)27)9-15(14)18(10-17(20)25)31(28,29)30;;/h1-14H,(H4-,29,30,31,32,33,36,37,38,43,44,45);2*1-10,24-25H,(H,28,29,30);;/q-1;;;;/p+2. The third kappa shape index (κ3) is 17.6. The van der Waals surface area contributed by atoms with Gasteiger partial charge in [0.25, 0.3) is 22.7 Å². The molecule has 13 aromatic rings. The first-order valence-electron chi connectivity index (χ1n) is 30.0. The largest absolute Gasteiger partial charge is 1.00 e. The molecule has 0 saturated carbocycles. The summed E-state index contributed by atoms with van der Waals surface area (Å²) in [6, 6.07) is 45.5. The molecule has 110 heavy (non-hydrogen) atoms. The van der Waals surface area contributed by atoms with Crippen LogP contribution in [0, 0.1) is 40.5 Å². The fourth-order valence-electron chi connectivity index (χ4n) is 10.6. The maximum atomic E-state index is 12.2. The minimum absolute atomic E-state index is 0. The molecule has 0 radical (unpaired) electrons. The molecule has 0 amide bonds.